The van der Waals surface area contributed by atoms with Crippen LogP contribution < -0.4 is 5.32 Å². The molecule has 100 valence electrons. The minimum absolute atomic E-state index is 0.0933. The molecule has 0 saturated heterocycles. The van der Waals surface area contributed by atoms with Crippen LogP contribution in [0.5, 0.6) is 0 Å². The maximum atomic E-state index is 13.5. The summed E-state index contributed by atoms with van der Waals surface area (Å²) in [6, 6.07) is 4.22. The summed E-state index contributed by atoms with van der Waals surface area (Å²) in [6.45, 7) is 0. The Labute approximate surface area is 120 Å². The Morgan fingerprint density at radius 1 is 1.53 bits per heavy atom. The van der Waals surface area contributed by atoms with Crippen molar-refractivity contribution in [2.75, 3.05) is 11.1 Å². The predicted molar refractivity (Wildman–Crippen MR) is 73.0 cm³/mol. The second-order valence-corrected chi connectivity index (χ2v) is 5.94. The summed E-state index contributed by atoms with van der Waals surface area (Å²) in [5.74, 6) is -1.52. The van der Waals surface area contributed by atoms with E-state index in [1.54, 1.807) is 6.07 Å². The van der Waals surface area contributed by atoms with Crippen molar-refractivity contribution in [2.45, 2.75) is 4.34 Å². The van der Waals surface area contributed by atoms with Gasteiger partial charge in [0.25, 0.3) is 0 Å². The summed E-state index contributed by atoms with van der Waals surface area (Å²) >= 11 is 7.85. The topological polar surface area (TPSA) is 75.1 Å². The molecule has 2 rings (SSSR count). The van der Waals surface area contributed by atoms with Crippen LogP contribution in [0.25, 0.3) is 0 Å². The summed E-state index contributed by atoms with van der Waals surface area (Å²) in [4.78, 5) is 10.4. The quantitative estimate of drug-likeness (QED) is 0.824. The van der Waals surface area contributed by atoms with Crippen LogP contribution in [0.15, 0.2) is 22.5 Å². The predicted octanol–water partition coefficient (Wildman–Crippen LogP) is 3.25. The van der Waals surface area contributed by atoms with E-state index in [1.807, 2.05) is 0 Å². The molecule has 19 heavy (non-hydrogen) atoms. The van der Waals surface area contributed by atoms with Crippen molar-refractivity contribution in [3.8, 4) is 0 Å². The largest absolute Gasteiger partial charge is 0.481 e. The van der Waals surface area contributed by atoms with Gasteiger partial charge >= 0.3 is 5.97 Å². The van der Waals surface area contributed by atoms with Crippen molar-refractivity contribution in [1.29, 1.82) is 0 Å². The molecule has 9 heteroatoms. The first-order chi connectivity index (χ1) is 9.04. The van der Waals surface area contributed by atoms with Crippen molar-refractivity contribution >= 4 is 51.5 Å². The van der Waals surface area contributed by atoms with E-state index in [4.69, 9.17) is 16.7 Å². The molecule has 0 bridgehead atoms. The average Bonchev–Trinajstić information content (AvgIpc) is 2.78. The molecular weight excluding hydrogens is 313 g/mol. The number of halogens is 2. The van der Waals surface area contributed by atoms with Crippen molar-refractivity contribution in [2.24, 2.45) is 0 Å². The average molecular weight is 320 g/mol. The van der Waals surface area contributed by atoms with Crippen LogP contribution in [0.3, 0.4) is 0 Å². The summed E-state index contributed by atoms with van der Waals surface area (Å²) in [6.07, 6.45) is 0. The molecule has 2 aromatic rings. The van der Waals surface area contributed by atoms with Crippen LogP contribution in [0, 0.1) is 5.82 Å². The number of nitrogens with one attached hydrogen (secondary N) is 1. The van der Waals surface area contributed by atoms with Crippen LogP contribution in [0.1, 0.15) is 0 Å². The van der Waals surface area contributed by atoms with Gasteiger partial charge in [0.2, 0.25) is 5.13 Å². The number of hydrogen-bond donors (Lipinski definition) is 2. The van der Waals surface area contributed by atoms with Gasteiger partial charge in [-0.25, -0.2) is 4.39 Å². The second-order valence-electron chi connectivity index (χ2n) is 3.30. The Hall–Kier alpha value is -1.38. The molecule has 2 N–H and O–H groups in total. The molecule has 5 nitrogen and oxygen atoms in total. The highest BCUT2D eigenvalue weighted by Crippen LogP contribution is 2.29. The number of nitrogens with zero attached hydrogens (tertiary/aromatic N) is 2. The van der Waals surface area contributed by atoms with E-state index in [2.05, 4.69) is 15.5 Å². The molecule has 1 aromatic heterocycles. The molecule has 1 heterocycles. The number of aromatic nitrogens is 2. The Kier molecular flexibility index (Phi) is 4.56. The lowest BCUT2D eigenvalue weighted by Gasteiger charge is -2.03. The van der Waals surface area contributed by atoms with E-state index < -0.39 is 11.8 Å². The molecule has 0 amide bonds. The summed E-state index contributed by atoms with van der Waals surface area (Å²) < 4.78 is 14.0. The maximum absolute atomic E-state index is 13.5. The minimum atomic E-state index is -0.932. The third-order valence-corrected chi connectivity index (χ3v) is 4.09. The molecule has 0 aliphatic heterocycles. The monoisotopic (exact) mass is 319 g/mol. The fourth-order valence-electron chi connectivity index (χ4n) is 1.15. The first-order valence-corrected chi connectivity index (χ1v) is 7.13. The number of benzene rings is 1. The molecule has 1 aromatic carbocycles. The van der Waals surface area contributed by atoms with Crippen LogP contribution in [0.4, 0.5) is 15.2 Å². The van der Waals surface area contributed by atoms with Gasteiger partial charge in [0.1, 0.15) is 5.82 Å². The summed E-state index contributed by atoms with van der Waals surface area (Å²) in [5, 5.41) is 19.6. The smallest absolute Gasteiger partial charge is 0.313 e. The summed E-state index contributed by atoms with van der Waals surface area (Å²) in [7, 11) is 0. The third-order valence-electron chi connectivity index (χ3n) is 1.90. The number of anilines is 2. The first-order valence-electron chi connectivity index (χ1n) is 4.95. The number of rotatable bonds is 5. The highest BCUT2D eigenvalue weighted by atomic mass is 35.5. The van der Waals surface area contributed by atoms with Gasteiger partial charge in [-0.15, -0.1) is 10.2 Å². The molecule has 0 saturated carbocycles. The minimum Gasteiger partial charge on any atom is -0.481 e. The maximum Gasteiger partial charge on any atom is 0.313 e. The number of carboxylic acid groups (broad SMARTS) is 1. The highest BCUT2D eigenvalue weighted by Gasteiger charge is 2.09. The first kappa shape index (κ1) is 14.0. The van der Waals surface area contributed by atoms with E-state index in [-0.39, 0.29) is 11.4 Å². The van der Waals surface area contributed by atoms with E-state index >= 15 is 0 Å². The zero-order valence-corrected chi connectivity index (χ0v) is 11.7. The van der Waals surface area contributed by atoms with Gasteiger partial charge < -0.3 is 10.4 Å². The van der Waals surface area contributed by atoms with Crippen molar-refractivity contribution < 1.29 is 14.3 Å². The molecule has 0 aliphatic carbocycles. The number of aliphatic carboxylic acids is 1. The normalized spacial score (nSPS) is 10.4. The summed E-state index contributed by atoms with van der Waals surface area (Å²) in [5.41, 5.74) is 0.232. The van der Waals surface area contributed by atoms with Gasteiger partial charge in [-0.3, -0.25) is 4.79 Å². The van der Waals surface area contributed by atoms with Crippen LogP contribution >= 0.6 is 34.7 Å². The molecule has 0 aliphatic rings. The number of hydrogen-bond acceptors (Lipinski definition) is 6. The fourth-order valence-corrected chi connectivity index (χ4v) is 2.79. The number of carbonyl (C=O) groups is 1. The van der Waals surface area contributed by atoms with Crippen molar-refractivity contribution in [3.63, 3.8) is 0 Å². The second kappa shape index (κ2) is 6.18. The van der Waals surface area contributed by atoms with Crippen molar-refractivity contribution in [1.82, 2.24) is 10.2 Å². The van der Waals surface area contributed by atoms with Crippen LogP contribution in [-0.2, 0) is 4.79 Å². The number of carboxylic acids is 1. The zero-order chi connectivity index (χ0) is 13.8. The lowest BCUT2D eigenvalue weighted by Crippen LogP contribution is -1.96. The lowest BCUT2D eigenvalue weighted by molar-refractivity contribution is -0.133. The highest BCUT2D eigenvalue weighted by molar-refractivity contribution is 8.01. The van der Waals surface area contributed by atoms with Gasteiger partial charge in [-0.1, -0.05) is 34.7 Å². The van der Waals surface area contributed by atoms with Gasteiger partial charge in [-0.05, 0) is 18.2 Å². The Morgan fingerprint density at radius 3 is 3.00 bits per heavy atom. The molecule has 0 atom stereocenters. The zero-order valence-electron chi connectivity index (χ0n) is 9.26. The standard InChI is InChI=1S/C10H7ClFN3O2S2/c11-5-1-2-7(6(12)3-5)13-9-14-15-10(19-9)18-4-8(16)17/h1-3H,4H2,(H,13,14)(H,16,17). The Bertz CT molecular complexity index is 608. The molecule has 0 fully saturated rings. The molecular formula is C10H7ClFN3O2S2. The van der Waals surface area contributed by atoms with E-state index in [1.165, 1.54) is 12.1 Å². The van der Waals surface area contributed by atoms with Crippen LogP contribution in [-0.4, -0.2) is 27.0 Å². The van der Waals surface area contributed by atoms with Crippen molar-refractivity contribution in [3.05, 3.63) is 29.0 Å². The fraction of sp³-hybridized carbons (Fsp3) is 0.100. The van der Waals surface area contributed by atoms with E-state index in [0.29, 0.717) is 14.5 Å². The molecule has 0 spiro atoms. The number of thioether (sulfide) groups is 1. The Morgan fingerprint density at radius 2 is 2.32 bits per heavy atom. The van der Waals surface area contributed by atoms with Gasteiger partial charge in [-0.2, -0.15) is 0 Å². The SMILES string of the molecule is O=C(O)CSc1nnc(Nc2ccc(Cl)cc2F)s1. The third kappa shape index (κ3) is 4.05. The van der Waals surface area contributed by atoms with E-state index in [9.17, 15) is 9.18 Å². The lowest BCUT2D eigenvalue weighted by atomic mass is 10.3. The Balaban J connectivity index is 2.05. The van der Waals surface area contributed by atoms with Gasteiger partial charge in [0.15, 0.2) is 4.34 Å². The van der Waals surface area contributed by atoms with E-state index in [0.717, 1.165) is 23.1 Å². The van der Waals surface area contributed by atoms with Gasteiger partial charge in [0.05, 0.1) is 11.4 Å². The van der Waals surface area contributed by atoms with Gasteiger partial charge in [0, 0.05) is 5.02 Å². The molecule has 0 radical (unpaired) electrons. The van der Waals surface area contributed by atoms with Crippen LogP contribution in [0.2, 0.25) is 5.02 Å². The molecule has 0 unspecified atom stereocenters.